The van der Waals surface area contributed by atoms with Crippen molar-refractivity contribution >= 4 is 60.9 Å². The molecule has 0 saturated carbocycles. The molecule has 2 heterocycles. The molecule has 14 rings (SSSR count). The Morgan fingerprint density at radius 2 is 0.773 bits per heavy atom. The number of furan rings is 2. The Hall–Kier alpha value is -8.40. The highest BCUT2D eigenvalue weighted by molar-refractivity contribution is 6.16. The second-order valence-corrected chi connectivity index (χ2v) is 17.1. The van der Waals surface area contributed by atoms with E-state index in [2.05, 4.69) is 217 Å². The second-order valence-electron chi connectivity index (χ2n) is 17.1. The summed E-state index contributed by atoms with van der Waals surface area (Å²) >= 11 is 0. The molecule has 0 fully saturated rings. The van der Waals surface area contributed by atoms with Gasteiger partial charge in [0.05, 0.1) is 11.1 Å². The monoisotopic (exact) mass is 845 g/mol. The highest BCUT2D eigenvalue weighted by atomic mass is 16.3. The van der Waals surface area contributed by atoms with Crippen LogP contribution in [0.15, 0.2) is 233 Å². The van der Waals surface area contributed by atoms with Crippen molar-refractivity contribution in [3.63, 3.8) is 0 Å². The minimum absolute atomic E-state index is 0.619. The lowest BCUT2D eigenvalue weighted by Crippen LogP contribution is -2.28. The molecule has 12 aromatic rings. The molecule has 312 valence electrons. The van der Waals surface area contributed by atoms with Gasteiger partial charge in [-0.3, -0.25) is 0 Å². The zero-order valence-corrected chi connectivity index (χ0v) is 36.6. The molecular formula is C63H43NO2. The fourth-order valence-electron chi connectivity index (χ4n) is 11.2. The van der Waals surface area contributed by atoms with Crippen LogP contribution in [0, 0.1) is 0 Å². The van der Waals surface area contributed by atoms with Crippen molar-refractivity contribution < 1.29 is 8.83 Å². The lowest BCUT2D eigenvalue weighted by atomic mass is 9.69. The summed E-state index contributed by atoms with van der Waals surface area (Å²) in [6.45, 7) is 4.00. The van der Waals surface area contributed by atoms with Crippen LogP contribution in [0.4, 0.5) is 17.1 Å². The Morgan fingerprint density at radius 3 is 1.38 bits per heavy atom. The van der Waals surface area contributed by atoms with Crippen molar-refractivity contribution in [2.24, 2.45) is 0 Å². The first kappa shape index (κ1) is 38.1. The number of nitrogens with zero attached hydrogens (tertiary/aromatic N) is 1. The number of fused-ring (bicyclic) bond motifs is 16. The third kappa shape index (κ3) is 5.38. The second kappa shape index (κ2) is 14.8. The van der Waals surface area contributed by atoms with Crippen molar-refractivity contribution in [2.75, 3.05) is 4.90 Å². The number of hydrogen-bond donors (Lipinski definition) is 0. The molecule has 2 aliphatic rings. The Balaban J connectivity index is 0.00000215. The van der Waals surface area contributed by atoms with Crippen LogP contribution >= 0.6 is 0 Å². The summed E-state index contributed by atoms with van der Waals surface area (Å²) in [4.78, 5) is 2.46. The number of hydrogen-bond acceptors (Lipinski definition) is 3. The van der Waals surface area contributed by atoms with E-state index in [9.17, 15) is 0 Å². The number of para-hydroxylation sites is 2. The quantitative estimate of drug-likeness (QED) is 0.173. The number of benzene rings is 10. The van der Waals surface area contributed by atoms with Gasteiger partial charge in [-0.25, -0.2) is 0 Å². The first-order valence-electron chi connectivity index (χ1n) is 23.0. The summed E-state index contributed by atoms with van der Waals surface area (Å²) in [5.74, 6) is 0. The van der Waals surface area contributed by atoms with Crippen molar-refractivity contribution in [2.45, 2.75) is 19.3 Å². The molecule has 3 nitrogen and oxygen atoms in total. The minimum atomic E-state index is -0.619. The first-order chi connectivity index (χ1) is 32.7. The van der Waals surface area contributed by atoms with E-state index in [1.54, 1.807) is 0 Å². The molecule has 0 amide bonds. The molecule has 0 unspecified atom stereocenters. The SMILES string of the molecule is CC.c1ccc(-c2ccc(N(c3ccc(-c4ccc5c(c4)oc4ccccc45)cc3)c3c4c(cc5c3oc3ccccc35)-c3ccccc3C43c4ccccc4-c4ccccc43)cc2)cc1. The van der Waals surface area contributed by atoms with E-state index in [0.29, 0.717) is 0 Å². The van der Waals surface area contributed by atoms with Gasteiger partial charge in [0.1, 0.15) is 16.7 Å². The van der Waals surface area contributed by atoms with Crippen molar-refractivity contribution in [3.8, 4) is 44.5 Å². The lowest BCUT2D eigenvalue weighted by Gasteiger charge is -2.36. The van der Waals surface area contributed by atoms with Gasteiger partial charge in [0.15, 0.2) is 5.58 Å². The van der Waals surface area contributed by atoms with E-state index < -0.39 is 5.41 Å². The summed E-state index contributed by atoms with van der Waals surface area (Å²) in [5, 5.41) is 4.45. The molecule has 2 aliphatic carbocycles. The van der Waals surface area contributed by atoms with Gasteiger partial charge in [-0.05, 0) is 116 Å². The van der Waals surface area contributed by atoms with Gasteiger partial charge < -0.3 is 13.7 Å². The Morgan fingerprint density at radius 1 is 0.333 bits per heavy atom. The molecule has 0 saturated heterocycles. The average molecular weight is 846 g/mol. The normalized spacial score (nSPS) is 12.8. The van der Waals surface area contributed by atoms with E-state index in [0.717, 1.165) is 77.6 Å². The molecule has 0 aliphatic heterocycles. The predicted octanol–water partition coefficient (Wildman–Crippen LogP) is 17.7. The van der Waals surface area contributed by atoms with Crippen molar-refractivity contribution in [3.05, 3.63) is 247 Å². The van der Waals surface area contributed by atoms with Crippen molar-refractivity contribution in [1.82, 2.24) is 0 Å². The van der Waals surface area contributed by atoms with Crippen LogP contribution in [-0.4, -0.2) is 0 Å². The Kier molecular flexibility index (Phi) is 8.56. The molecule has 0 bridgehead atoms. The summed E-state index contributed by atoms with van der Waals surface area (Å²) in [6.07, 6.45) is 0. The first-order valence-corrected chi connectivity index (χ1v) is 23.0. The lowest BCUT2D eigenvalue weighted by molar-refractivity contribution is 0.666. The van der Waals surface area contributed by atoms with Crippen LogP contribution < -0.4 is 4.90 Å². The van der Waals surface area contributed by atoms with Gasteiger partial charge in [-0.15, -0.1) is 0 Å². The fraction of sp³-hybridized carbons (Fsp3) is 0.0476. The highest BCUT2D eigenvalue weighted by Gasteiger charge is 2.54. The molecule has 0 N–H and O–H groups in total. The van der Waals surface area contributed by atoms with Gasteiger partial charge in [0, 0.05) is 38.5 Å². The van der Waals surface area contributed by atoms with Crippen LogP contribution in [0.25, 0.3) is 88.4 Å². The Labute approximate surface area is 383 Å². The van der Waals surface area contributed by atoms with E-state index in [-0.39, 0.29) is 0 Å². The maximum absolute atomic E-state index is 7.21. The van der Waals surface area contributed by atoms with Gasteiger partial charge in [-0.2, -0.15) is 0 Å². The summed E-state index contributed by atoms with van der Waals surface area (Å²) in [6, 6.07) is 81.5. The molecule has 1 spiro atoms. The van der Waals surface area contributed by atoms with Gasteiger partial charge in [-0.1, -0.05) is 184 Å². The maximum atomic E-state index is 7.21. The summed E-state index contributed by atoms with van der Waals surface area (Å²) in [5.41, 5.74) is 20.6. The molecule has 0 atom stereocenters. The average Bonchev–Trinajstić information content (AvgIpc) is 4.13. The molecule has 2 aromatic heterocycles. The molecule has 66 heavy (non-hydrogen) atoms. The smallest absolute Gasteiger partial charge is 0.159 e. The van der Waals surface area contributed by atoms with Crippen LogP contribution in [0.2, 0.25) is 0 Å². The molecular weight excluding hydrogens is 803 g/mol. The topological polar surface area (TPSA) is 29.5 Å². The number of anilines is 3. The van der Waals surface area contributed by atoms with Gasteiger partial charge in [0.2, 0.25) is 0 Å². The molecule has 10 aromatic carbocycles. The van der Waals surface area contributed by atoms with E-state index in [1.807, 2.05) is 26.0 Å². The van der Waals surface area contributed by atoms with E-state index >= 15 is 0 Å². The van der Waals surface area contributed by atoms with Crippen LogP contribution in [0.3, 0.4) is 0 Å². The van der Waals surface area contributed by atoms with Gasteiger partial charge in [0.25, 0.3) is 0 Å². The third-order valence-electron chi connectivity index (χ3n) is 13.9. The van der Waals surface area contributed by atoms with Crippen LogP contribution in [-0.2, 0) is 5.41 Å². The zero-order chi connectivity index (χ0) is 43.9. The van der Waals surface area contributed by atoms with Gasteiger partial charge >= 0.3 is 0 Å². The summed E-state index contributed by atoms with van der Waals surface area (Å²) < 4.78 is 13.6. The minimum Gasteiger partial charge on any atom is -0.456 e. The maximum Gasteiger partial charge on any atom is 0.159 e. The van der Waals surface area contributed by atoms with Crippen molar-refractivity contribution in [1.29, 1.82) is 0 Å². The van der Waals surface area contributed by atoms with E-state index in [4.69, 9.17) is 8.83 Å². The van der Waals surface area contributed by atoms with Crippen LogP contribution in [0.1, 0.15) is 36.1 Å². The van der Waals surface area contributed by atoms with Crippen LogP contribution in [0.5, 0.6) is 0 Å². The Bertz CT molecular complexity index is 3790. The molecule has 3 heteroatoms. The standard InChI is InChI=1S/C61H37NO2.C2H6/c1-2-14-38(15-3-1)39-26-31-42(32-27-39)62(43-33-28-40(29-34-43)41-30-35-49-47-19-7-12-24-55(47)63-57(49)36-41)59-58-50(37-51-48-20-8-13-25-56(48)64-60(51)59)46-18-6-11-23-54(46)61(58)52-21-9-4-16-44(52)45-17-5-10-22-53(45)61;1-2/h1-37H;1-2H3. The zero-order valence-electron chi connectivity index (χ0n) is 36.6. The predicted molar refractivity (Wildman–Crippen MR) is 274 cm³/mol. The molecule has 0 radical (unpaired) electrons. The number of rotatable bonds is 5. The largest absolute Gasteiger partial charge is 0.456 e. The fourth-order valence-corrected chi connectivity index (χ4v) is 11.2. The summed E-state index contributed by atoms with van der Waals surface area (Å²) in [7, 11) is 0. The highest BCUT2D eigenvalue weighted by Crippen LogP contribution is 2.66. The van der Waals surface area contributed by atoms with E-state index in [1.165, 1.54) is 50.1 Å². The third-order valence-corrected chi connectivity index (χ3v) is 13.9.